The Labute approximate surface area is 147 Å². The number of unbranched alkanes of at least 4 members (excludes halogenated alkanes) is 3. The van der Waals surface area contributed by atoms with Gasteiger partial charge in [-0.25, -0.2) is 4.68 Å². The molecule has 2 rings (SSSR count). The van der Waals surface area contributed by atoms with E-state index in [9.17, 15) is 0 Å². The molecule has 132 valence electrons. The molecular weight excluding hydrogens is 294 g/mol. The SMILES string of the molecule is C=CC(CCCC)(CCCC)n1nnc2c(CCCC)cccc21. The summed E-state index contributed by atoms with van der Waals surface area (Å²) in [7, 11) is 0. The van der Waals surface area contributed by atoms with Gasteiger partial charge in [0.2, 0.25) is 0 Å². The molecule has 0 unspecified atom stereocenters. The van der Waals surface area contributed by atoms with Crippen LogP contribution in [0, 0.1) is 0 Å². The molecule has 3 heteroatoms. The van der Waals surface area contributed by atoms with Crippen LogP contribution in [0.4, 0.5) is 0 Å². The van der Waals surface area contributed by atoms with Crippen LogP contribution in [-0.2, 0) is 12.0 Å². The Hall–Kier alpha value is -1.64. The number of hydrogen-bond acceptors (Lipinski definition) is 2. The molecule has 0 amide bonds. The lowest BCUT2D eigenvalue weighted by Crippen LogP contribution is -2.32. The zero-order valence-electron chi connectivity index (χ0n) is 15.7. The van der Waals surface area contributed by atoms with Crippen LogP contribution < -0.4 is 0 Å². The average molecular weight is 328 g/mol. The molecule has 0 bridgehead atoms. The number of hydrogen-bond donors (Lipinski definition) is 0. The first kappa shape index (κ1) is 18.7. The number of rotatable bonds is 11. The smallest absolute Gasteiger partial charge is 0.116 e. The summed E-state index contributed by atoms with van der Waals surface area (Å²) < 4.78 is 2.16. The van der Waals surface area contributed by atoms with E-state index in [0.717, 1.165) is 30.3 Å². The number of benzene rings is 1. The predicted molar refractivity (Wildman–Crippen MR) is 103 cm³/mol. The molecule has 0 spiro atoms. The van der Waals surface area contributed by atoms with Gasteiger partial charge in [0.15, 0.2) is 0 Å². The van der Waals surface area contributed by atoms with Crippen molar-refractivity contribution in [3.05, 3.63) is 36.4 Å². The molecule has 0 saturated carbocycles. The van der Waals surface area contributed by atoms with Crippen LogP contribution >= 0.6 is 0 Å². The highest BCUT2D eigenvalue weighted by atomic mass is 15.5. The van der Waals surface area contributed by atoms with Crippen LogP contribution in [0.5, 0.6) is 0 Å². The number of fused-ring (bicyclic) bond motifs is 1. The van der Waals surface area contributed by atoms with E-state index in [1.807, 2.05) is 0 Å². The fourth-order valence-electron chi connectivity index (χ4n) is 3.49. The third kappa shape index (κ3) is 3.88. The van der Waals surface area contributed by atoms with Crippen LogP contribution in [-0.4, -0.2) is 15.0 Å². The molecule has 0 fully saturated rings. The van der Waals surface area contributed by atoms with Crippen molar-refractivity contribution < 1.29 is 0 Å². The van der Waals surface area contributed by atoms with Crippen molar-refractivity contribution >= 4 is 11.0 Å². The summed E-state index contributed by atoms with van der Waals surface area (Å²) in [6.07, 6.45) is 12.5. The highest BCUT2D eigenvalue weighted by Crippen LogP contribution is 2.34. The lowest BCUT2D eigenvalue weighted by Gasteiger charge is -2.31. The second-order valence-corrected chi connectivity index (χ2v) is 6.90. The van der Waals surface area contributed by atoms with Gasteiger partial charge >= 0.3 is 0 Å². The Morgan fingerprint density at radius 2 is 1.71 bits per heavy atom. The van der Waals surface area contributed by atoms with E-state index in [-0.39, 0.29) is 5.54 Å². The van der Waals surface area contributed by atoms with Crippen molar-refractivity contribution in [1.82, 2.24) is 15.0 Å². The second kappa shape index (κ2) is 9.00. The molecular formula is C21H33N3. The number of allylic oxidation sites excluding steroid dienone is 1. The number of aromatic nitrogens is 3. The lowest BCUT2D eigenvalue weighted by atomic mass is 9.87. The molecule has 0 aliphatic rings. The topological polar surface area (TPSA) is 30.7 Å². The highest BCUT2D eigenvalue weighted by molar-refractivity contribution is 5.78. The van der Waals surface area contributed by atoms with Gasteiger partial charge in [-0.1, -0.05) is 76.3 Å². The van der Waals surface area contributed by atoms with Gasteiger partial charge < -0.3 is 0 Å². The molecule has 24 heavy (non-hydrogen) atoms. The van der Waals surface area contributed by atoms with E-state index in [2.05, 4.69) is 66.6 Å². The Bertz CT molecular complexity index is 634. The molecule has 0 atom stereocenters. The zero-order valence-corrected chi connectivity index (χ0v) is 15.7. The summed E-state index contributed by atoms with van der Waals surface area (Å²) in [5.41, 5.74) is 3.45. The van der Waals surface area contributed by atoms with E-state index in [1.54, 1.807) is 0 Å². The largest absolute Gasteiger partial charge is 0.235 e. The van der Waals surface area contributed by atoms with Crippen LogP contribution in [0.2, 0.25) is 0 Å². The van der Waals surface area contributed by atoms with Crippen molar-refractivity contribution in [3.8, 4) is 0 Å². The second-order valence-electron chi connectivity index (χ2n) is 6.90. The van der Waals surface area contributed by atoms with Crippen molar-refractivity contribution in [2.24, 2.45) is 0 Å². The Morgan fingerprint density at radius 3 is 2.29 bits per heavy atom. The monoisotopic (exact) mass is 327 g/mol. The van der Waals surface area contributed by atoms with E-state index >= 15 is 0 Å². The molecule has 1 aromatic heterocycles. The molecule has 0 aliphatic heterocycles. The summed E-state index contributed by atoms with van der Waals surface area (Å²) in [6, 6.07) is 6.52. The van der Waals surface area contributed by atoms with Crippen molar-refractivity contribution in [2.75, 3.05) is 0 Å². The van der Waals surface area contributed by atoms with Crippen LogP contribution in [0.15, 0.2) is 30.9 Å². The Morgan fingerprint density at radius 1 is 1.04 bits per heavy atom. The standard InChI is InChI=1S/C21H33N3/c1-5-9-13-18-14-12-15-19-20(18)22-23-24(19)21(8-4,16-10-6-2)17-11-7-3/h8,12,14-15H,4-7,9-11,13,16-17H2,1-3H3. The third-order valence-electron chi connectivity index (χ3n) is 5.09. The highest BCUT2D eigenvalue weighted by Gasteiger charge is 2.30. The minimum Gasteiger partial charge on any atom is -0.235 e. The minimum absolute atomic E-state index is 0.107. The summed E-state index contributed by atoms with van der Waals surface area (Å²) in [4.78, 5) is 0. The molecule has 1 heterocycles. The molecule has 1 aromatic carbocycles. The van der Waals surface area contributed by atoms with Gasteiger partial charge in [-0.3, -0.25) is 0 Å². The first-order valence-corrected chi connectivity index (χ1v) is 9.69. The van der Waals surface area contributed by atoms with Crippen LogP contribution in [0.1, 0.15) is 77.7 Å². The molecule has 0 aliphatic carbocycles. The third-order valence-corrected chi connectivity index (χ3v) is 5.09. The van der Waals surface area contributed by atoms with E-state index in [1.165, 1.54) is 44.1 Å². The van der Waals surface area contributed by atoms with Crippen LogP contribution in [0.25, 0.3) is 11.0 Å². The van der Waals surface area contributed by atoms with Gasteiger partial charge in [-0.15, -0.1) is 11.7 Å². The maximum absolute atomic E-state index is 4.61. The molecule has 0 saturated heterocycles. The molecule has 2 aromatic rings. The van der Waals surface area contributed by atoms with E-state index in [4.69, 9.17) is 0 Å². The average Bonchev–Trinajstić information content (AvgIpc) is 3.06. The van der Waals surface area contributed by atoms with E-state index < -0.39 is 0 Å². The Balaban J connectivity index is 2.47. The first-order chi connectivity index (χ1) is 11.7. The van der Waals surface area contributed by atoms with Gasteiger partial charge in [-0.2, -0.15) is 0 Å². The van der Waals surface area contributed by atoms with Gasteiger partial charge in [0, 0.05) is 0 Å². The normalized spacial score (nSPS) is 12.0. The van der Waals surface area contributed by atoms with Crippen molar-refractivity contribution in [1.29, 1.82) is 0 Å². The Kier molecular flexibility index (Phi) is 7.01. The fourth-order valence-corrected chi connectivity index (χ4v) is 3.49. The van der Waals surface area contributed by atoms with E-state index in [0.29, 0.717) is 0 Å². The van der Waals surface area contributed by atoms with Crippen molar-refractivity contribution in [3.63, 3.8) is 0 Å². The molecule has 3 nitrogen and oxygen atoms in total. The summed E-state index contributed by atoms with van der Waals surface area (Å²) in [6.45, 7) is 10.9. The number of aryl methyl sites for hydroxylation is 1. The fraction of sp³-hybridized carbons (Fsp3) is 0.619. The lowest BCUT2D eigenvalue weighted by molar-refractivity contribution is 0.275. The van der Waals surface area contributed by atoms with Gasteiger partial charge in [0.1, 0.15) is 5.52 Å². The van der Waals surface area contributed by atoms with Crippen LogP contribution in [0.3, 0.4) is 0 Å². The van der Waals surface area contributed by atoms with Crippen molar-refractivity contribution in [2.45, 2.75) is 84.1 Å². The first-order valence-electron chi connectivity index (χ1n) is 9.69. The maximum Gasteiger partial charge on any atom is 0.116 e. The summed E-state index contributed by atoms with van der Waals surface area (Å²) in [5.74, 6) is 0. The zero-order chi connectivity index (χ0) is 17.4. The maximum atomic E-state index is 4.61. The molecule has 0 N–H and O–H groups in total. The quantitative estimate of drug-likeness (QED) is 0.471. The summed E-state index contributed by atoms with van der Waals surface area (Å²) in [5, 5.41) is 9.18. The van der Waals surface area contributed by atoms with Gasteiger partial charge in [-0.05, 0) is 37.3 Å². The van der Waals surface area contributed by atoms with Gasteiger partial charge in [0.05, 0.1) is 11.1 Å². The molecule has 0 radical (unpaired) electrons. The van der Waals surface area contributed by atoms with Gasteiger partial charge in [0.25, 0.3) is 0 Å². The number of nitrogens with zero attached hydrogens (tertiary/aromatic N) is 3. The summed E-state index contributed by atoms with van der Waals surface area (Å²) >= 11 is 0. The predicted octanol–water partition coefficient (Wildman–Crippen LogP) is 6.04. The minimum atomic E-state index is -0.107.